The largest absolute Gasteiger partial charge is 0.393 e. The standard InChI is InChI=1S/C31H33N7O/c1-3-28-33-29-18(2)15-22(17-21-7-6-10-27(21)39)32-31(29)38(28)26-14-12-20-16-19(11-13-24(20)26)23-8-4-5-9-25(23)30-34-36-37-35-30/h4-5,8-9,11,13,15-16,21,26-27,39H,3,6-7,10,12,14,17H2,1-2H3,(H,34,35,36,37). The minimum atomic E-state index is -0.208. The molecule has 2 aliphatic rings. The molecule has 0 radical (unpaired) electrons. The number of benzene rings is 2. The molecule has 0 spiro atoms. The normalized spacial score (nSPS) is 20.6. The molecule has 8 nitrogen and oxygen atoms in total. The number of aliphatic hydroxyl groups excluding tert-OH is 1. The number of rotatable bonds is 6. The van der Waals surface area contributed by atoms with Crippen molar-refractivity contribution in [1.29, 1.82) is 0 Å². The first-order chi connectivity index (χ1) is 19.1. The summed E-state index contributed by atoms with van der Waals surface area (Å²) in [5.41, 5.74) is 10.2. The van der Waals surface area contributed by atoms with E-state index in [0.29, 0.717) is 11.7 Å². The van der Waals surface area contributed by atoms with E-state index in [2.05, 4.69) is 81.5 Å². The number of hydrogen-bond donors (Lipinski definition) is 2. The van der Waals surface area contributed by atoms with Crippen molar-refractivity contribution in [2.75, 3.05) is 0 Å². The van der Waals surface area contributed by atoms with Gasteiger partial charge in [0.05, 0.1) is 12.1 Å². The van der Waals surface area contributed by atoms with Gasteiger partial charge in [0.15, 0.2) is 11.5 Å². The maximum Gasteiger partial charge on any atom is 0.180 e. The molecule has 2 aliphatic carbocycles. The monoisotopic (exact) mass is 519 g/mol. The Morgan fingerprint density at radius 3 is 2.67 bits per heavy atom. The molecule has 7 rings (SSSR count). The Balaban J connectivity index is 1.28. The fraction of sp³-hybridized carbons (Fsp3) is 0.387. The fourth-order valence-electron chi connectivity index (χ4n) is 6.78. The van der Waals surface area contributed by atoms with Gasteiger partial charge >= 0.3 is 0 Å². The molecule has 3 unspecified atom stereocenters. The smallest absolute Gasteiger partial charge is 0.180 e. The van der Waals surface area contributed by atoms with Crippen LogP contribution in [0.3, 0.4) is 0 Å². The number of H-pyrrole nitrogens is 1. The molecular weight excluding hydrogens is 486 g/mol. The van der Waals surface area contributed by atoms with Crippen LogP contribution in [-0.4, -0.2) is 46.4 Å². The topological polar surface area (TPSA) is 105 Å². The second kappa shape index (κ2) is 9.68. The Kier molecular flexibility index (Phi) is 6.00. The van der Waals surface area contributed by atoms with Crippen molar-refractivity contribution >= 4 is 11.2 Å². The van der Waals surface area contributed by atoms with Gasteiger partial charge < -0.3 is 9.67 Å². The number of tetrazole rings is 1. The molecule has 1 saturated carbocycles. The summed E-state index contributed by atoms with van der Waals surface area (Å²) in [6.07, 6.45) is 6.60. The van der Waals surface area contributed by atoms with Crippen LogP contribution in [0.1, 0.15) is 66.9 Å². The number of imidazole rings is 1. The van der Waals surface area contributed by atoms with Gasteiger partial charge in [-0.3, -0.25) is 0 Å². The van der Waals surface area contributed by atoms with Gasteiger partial charge in [0, 0.05) is 17.7 Å². The first kappa shape index (κ1) is 24.2. The van der Waals surface area contributed by atoms with Gasteiger partial charge in [0.25, 0.3) is 0 Å². The van der Waals surface area contributed by atoms with Gasteiger partial charge in [-0.05, 0) is 89.3 Å². The molecule has 1 fully saturated rings. The molecule has 8 heteroatoms. The SMILES string of the molecule is CCc1nc2c(C)cc(CC3CCCC3O)nc2n1C1CCc2cc(-c3ccccc3-c3nnn[nH]3)ccc21. The van der Waals surface area contributed by atoms with E-state index >= 15 is 0 Å². The molecule has 0 bridgehead atoms. The molecule has 3 aromatic heterocycles. The molecule has 3 heterocycles. The van der Waals surface area contributed by atoms with Crippen molar-refractivity contribution in [3.05, 3.63) is 76.7 Å². The van der Waals surface area contributed by atoms with Crippen LogP contribution in [0.25, 0.3) is 33.7 Å². The summed E-state index contributed by atoms with van der Waals surface area (Å²) in [7, 11) is 0. The van der Waals surface area contributed by atoms with Gasteiger partial charge in [-0.1, -0.05) is 55.8 Å². The quantitative estimate of drug-likeness (QED) is 0.312. The number of aromatic amines is 1. The molecule has 2 N–H and O–H groups in total. The summed E-state index contributed by atoms with van der Waals surface area (Å²) in [6, 6.07) is 17.5. The van der Waals surface area contributed by atoms with E-state index in [9.17, 15) is 5.11 Å². The van der Waals surface area contributed by atoms with E-state index in [-0.39, 0.29) is 12.1 Å². The van der Waals surface area contributed by atoms with Gasteiger partial charge in [-0.2, -0.15) is 0 Å². The second-order valence-corrected chi connectivity index (χ2v) is 11.1. The lowest BCUT2D eigenvalue weighted by molar-refractivity contribution is 0.132. The third kappa shape index (κ3) is 4.14. The Bertz CT molecular complexity index is 1660. The minimum absolute atomic E-state index is 0.208. The molecule has 2 aromatic carbocycles. The predicted octanol–water partition coefficient (Wildman–Crippen LogP) is 5.39. The lowest BCUT2D eigenvalue weighted by Gasteiger charge is -2.19. The third-order valence-electron chi connectivity index (χ3n) is 8.71. The molecular formula is C31H33N7O. The highest BCUT2D eigenvalue weighted by atomic mass is 16.3. The van der Waals surface area contributed by atoms with Crippen molar-refractivity contribution in [2.24, 2.45) is 5.92 Å². The predicted molar refractivity (Wildman–Crippen MR) is 150 cm³/mol. The lowest BCUT2D eigenvalue weighted by atomic mass is 9.96. The van der Waals surface area contributed by atoms with Crippen molar-refractivity contribution in [2.45, 2.75) is 70.9 Å². The highest BCUT2D eigenvalue weighted by Gasteiger charge is 2.30. The number of aliphatic hydroxyl groups is 1. The first-order valence-electron chi connectivity index (χ1n) is 14.1. The molecule has 0 amide bonds. The third-order valence-corrected chi connectivity index (χ3v) is 8.71. The Labute approximate surface area is 227 Å². The van der Waals surface area contributed by atoms with Crippen molar-refractivity contribution in [3.8, 4) is 22.5 Å². The van der Waals surface area contributed by atoms with E-state index in [4.69, 9.17) is 9.97 Å². The highest BCUT2D eigenvalue weighted by molar-refractivity contribution is 5.81. The average molecular weight is 520 g/mol. The van der Waals surface area contributed by atoms with E-state index in [0.717, 1.165) is 78.8 Å². The van der Waals surface area contributed by atoms with Crippen molar-refractivity contribution in [1.82, 2.24) is 35.2 Å². The molecule has 198 valence electrons. The van der Waals surface area contributed by atoms with E-state index in [1.807, 2.05) is 6.07 Å². The zero-order valence-corrected chi connectivity index (χ0v) is 22.4. The van der Waals surface area contributed by atoms with E-state index < -0.39 is 0 Å². The Morgan fingerprint density at radius 2 is 1.90 bits per heavy atom. The van der Waals surface area contributed by atoms with Crippen LogP contribution in [-0.2, 0) is 19.3 Å². The van der Waals surface area contributed by atoms with Crippen molar-refractivity contribution < 1.29 is 5.11 Å². The summed E-state index contributed by atoms with van der Waals surface area (Å²) in [4.78, 5) is 10.3. The van der Waals surface area contributed by atoms with Gasteiger partial charge in [0.1, 0.15) is 11.3 Å². The molecule has 3 atom stereocenters. The minimum Gasteiger partial charge on any atom is -0.393 e. The second-order valence-electron chi connectivity index (χ2n) is 11.1. The lowest BCUT2D eigenvalue weighted by Crippen LogP contribution is -2.17. The summed E-state index contributed by atoms with van der Waals surface area (Å²) in [6.45, 7) is 4.32. The highest BCUT2D eigenvalue weighted by Crippen LogP contribution is 2.41. The number of nitrogens with one attached hydrogen (secondary N) is 1. The van der Waals surface area contributed by atoms with Gasteiger partial charge in [0.2, 0.25) is 0 Å². The zero-order chi connectivity index (χ0) is 26.5. The Morgan fingerprint density at radius 1 is 1.03 bits per heavy atom. The molecule has 39 heavy (non-hydrogen) atoms. The van der Waals surface area contributed by atoms with Crippen molar-refractivity contribution in [3.63, 3.8) is 0 Å². The number of pyridine rings is 1. The maximum absolute atomic E-state index is 10.4. The van der Waals surface area contributed by atoms with Crippen LogP contribution in [0.2, 0.25) is 0 Å². The molecule has 0 aliphatic heterocycles. The maximum atomic E-state index is 10.4. The summed E-state index contributed by atoms with van der Waals surface area (Å²) < 4.78 is 2.40. The summed E-state index contributed by atoms with van der Waals surface area (Å²) in [5, 5.41) is 25.0. The van der Waals surface area contributed by atoms with Crippen LogP contribution in [0.15, 0.2) is 48.5 Å². The van der Waals surface area contributed by atoms with Crippen LogP contribution < -0.4 is 0 Å². The summed E-state index contributed by atoms with van der Waals surface area (Å²) in [5.74, 6) is 2.06. The Hall–Kier alpha value is -3.91. The zero-order valence-electron chi connectivity index (χ0n) is 22.4. The van der Waals surface area contributed by atoms with Crippen LogP contribution >= 0.6 is 0 Å². The van der Waals surface area contributed by atoms with Crippen LogP contribution in [0.4, 0.5) is 0 Å². The van der Waals surface area contributed by atoms with E-state index in [1.54, 1.807) is 0 Å². The number of nitrogens with zero attached hydrogens (tertiary/aromatic N) is 6. The van der Waals surface area contributed by atoms with Crippen LogP contribution in [0, 0.1) is 12.8 Å². The van der Waals surface area contributed by atoms with Gasteiger partial charge in [-0.25, -0.2) is 15.1 Å². The molecule has 5 aromatic rings. The average Bonchev–Trinajstić information content (AvgIpc) is 3.75. The van der Waals surface area contributed by atoms with Gasteiger partial charge in [-0.15, -0.1) is 5.10 Å². The fourth-order valence-corrected chi connectivity index (χ4v) is 6.78. The summed E-state index contributed by atoms with van der Waals surface area (Å²) >= 11 is 0. The number of hydrogen-bond acceptors (Lipinski definition) is 6. The molecule has 0 saturated heterocycles. The number of fused-ring (bicyclic) bond motifs is 2. The van der Waals surface area contributed by atoms with E-state index in [1.165, 1.54) is 22.3 Å². The number of aromatic nitrogens is 7. The van der Waals surface area contributed by atoms with Crippen LogP contribution in [0.5, 0.6) is 0 Å². The number of aryl methyl sites for hydroxylation is 3. The first-order valence-corrected chi connectivity index (χ1v) is 14.1.